The van der Waals surface area contributed by atoms with Crippen molar-refractivity contribution in [3.63, 3.8) is 0 Å². The molecule has 1 unspecified atom stereocenters. The Morgan fingerprint density at radius 2 is 1.95 bits per heavy atom. The predicted octanol–water partition coefficient (Wildman–Crippen LogP) is 4.27. The molecule has 1 N–H and O–H groups in total. The summed E-state index contributed by atoms with van der Waals surface area (Å²) in [5.41, 5.74) is 3.05. The van der Waals surface area contributed by atoms with Crippen LogP contribution >= 0.6 is 0 Å². The quantitative estimate of drug-likeness (QED) is 0.782. The second kappa shape index (κ2) is 8.91. The number of nitrogens with one attached hydrogen (secondary N) is 1. The molecule has 0 aromatic carbocycles. The van der Waals surface area contributed by atoms with Gasteiger partial charge >= 0.3 is 0 Å². The molecule has 1 aromatic rings. The summed E-state index contributed by atoms with van der Waals surface area (Å²) in [5.74, 6) is 0. The smallest absolute Gasteiger partial charge is 0.0282 e. The number of allylic oxidation sites excluding steroid dienone is 1. The van der Waals surface area contributed by atoms with Crippen molar-refractivity contribution >= 4 is 0 Å². The van der Waals surface area contributed by atoms with Gasteiger partial charge in [-0.15, -0.1) is 0 Å². The Hall–Kier alpha value is -1.15. The highest BCUT2D eigenvalue weighted by molar-refractivity contribution is 5.15. The van der Waals surface area contributed by atoms with Gasteiger partial charge < -0.3 is 5.32 Å². The first-order valence-corrected chi connectivity index (χ1v) is 8.21. The zero-order valence-corrected chi connectivity index (χ0v) is 12.8. The van der Waals surface area contributed by atoms with Gasteiger partial charge in [0.1, 0.15) is 0 Å². The molecule has 0 aliphatic heterocycles. The lowest BCUT2D eigenvalue weighted by Crippen LogP contribution is -2.31. The number of rotatable bonds is 6. The molecule has 1 heterocycles. The fourth-order valence-electron chi connectivity index (χ4n) is 3.06. The van der Waals surface area contributed by atoms with Gasteiger partial charge in [-0.3, -0.25) is 4.98 Å². The van der Waals surface area contributed by atoms with E-state index in [0.717, 1.165) is 13.0 Å². The molecule has 2 heteroatoms. The van der Waals surface area contributed by atoms with Gasteiger partial charge in [0.25, 0.3) is 0 Å². The van der Waals surface area contributed by atoms with E-state index in [-0.39, 0.29) is 0 Å². The van der Waals surface area contributed by atoms with Crippen LogP contribution in [0.2, 0.25) is 0 Å². The second-order valence-electron chi connectivity index (χ2n) is 5.74. The summed E-state index contributed by atoms with van der Waals surface area (Å²) in [6, 6.07) is 4.83. The van der Waals surface area contributed by atoms with E-state index in [1.807, 2.05) is 12.4 Å². The molecule has 1 aliphatic carbocycles. The molecule has 20 heavy (non-hydrogen) atoms. The van der Waals surface area contributed by atoms with Crippen LogP contribution in [0.25, 0.3) is 0 Å². The predicted molar refractivity (Wildman–Crippen MR) is 85.8 cm³/mol. The first-order chi connectivity index (χ1) is 9.90. The Bertz CT molecular complexity index is 397. The Morgan fingerprint density at radius 3 is 2.75 bits per heavy atom. The molecule has 1 atom stereocenters. The van der Waals surface area contributed by atoms with E-state index in [1.54, 1.807) is 5.57 Å². The number of hydrogen-bond donors (Lipinski definition) is 1. The van der Waals surface area contributed by atoms with E-state index in [0.29, 0.717) is 6.04 Å². The second-order valence-corrected chi connectivity index (χ2v) is 5.74. The van der Waals surface area contributed by atoms with Gasteiger partial charge in [0, 0.05) is 18.4 Å². The molecular weight excluding hydrogens is 244 g/mol. The topological polar surface area (TPSA) is 24.9 Å². The third-order valence-corrected chi connectivity index (χ3v) is 4.20. The maximum atomic E-state index is 4.09. The molecular formula is C18H28N2. The molecule has 0 saturated carbocycles. The van der Waals surface area contributed by atoms with Crippen LogP contribution in [0.1, 0.15) is 57.4 Å². The molecule has 0 spiro atoms. The van der Waals surface area contributed by atoms with Crippen molar-refractivity contribution in [3.05, 3.63) is 41.7 Å². The van der Waals surface area contributed by atoms with E-state index in [9.17, 15) is 0 Å². The summed E-state index contributed by atoms with van der Waals surface area (Å²) >= 11 is 0. The molecule has 0 fully saturated rings. The van der Waals surface area contributed by atoms with E-state index in [2.05, 4.69) is 35.4 Å². The number of likely N-dealkylation sites (N-methyl/N-ethyl adjacent to an activating group) is 1. The zero-order chi connectivity index (χ0) is 14.0. The highest BCUT2D eigenvalue weighted by Gasteiger charge is 2.14. The minimum absolute atomic E-state index is 0.561. The third-order valence-electron chi connectivity index (χ3n) is 4.20. The number of pyridine rings is 1. The van der Waals surface area contributed by atoms with Crippen molar-refractivity contribution in [2.75, 3.05) is 6.54 Å². The summed E-state index contributed by atoms with van der Waals surface area (Å²) in [6.07, 6.45) is 16.7. The summed E-state index contributed by atoms with van der Waals surface area (Å²) in [4.78, 5) is 4.09. The van der Waals surface area contributed by atoms with Crippen LogP contribution in [0.5, 0.6) is 0 Å². The van der Waals surface area contributed by atoms with Crippen molar-refractivity contribution in [1.29, 1.82) is 0 Å². The normalized spacial score (nSPS) is 20.6. The van der Waals surface area contributed by atoms with Gasteiger partial charge in [0.15, 0.2) is 0 Å². The lowest BCUT2D eigenvalue weighted by Gasteiger charge is -2.23. The molecule has 110 valence electrons. The first-order valence-electron chi connectivity index (χ1n) is 8.21. The average molecular weight is 272 g/mol. The highest BCUT2D eigenvalue weighted by Crippen LogP contribution is 2.22. The molecule has 2 rings (SSSR count). The highest BCUT2D eigenvalue weighted by atomic mass is 14.9. The van der Waals surface area contributed by atoms with Crippen LogP contribution in [-0.2, 0) is 6.42 Å². The average Bonchev–Trinajstić information content (AvgIpc) is 2.45. The Balaban J connectivity index is 1.94. The Morgan fingerprint density at radius 1 is 1.15 bits per heavy atom. The first kappa shape index (κ1) is 15.2. The van der Waals surface area contributed by atoms with Crippen LogP contribution in [0, 0.1) is 0 Å². The van der Waals surface area contributed by atoms with Crippen LogP contribution in [0.3, 0.4) is 0 Å². The van der Waals surface area contributed by atoms with Crippen molar-refractivity contribution < 1.29 is 0 Å². The van der Waals surface area contributed by atoms with E-state index in [4.69, 9.17) is 0 Å². The number of hydrogen-bond acceptors (Lipinski definition) is 2. The fraction of sp³-hybridized carbons (Fsp3) is 0.611. The number of aryl methyl sites for hydroxylation is 1. The maximum Gasteiger partial charge on any atom is 0.0282 e. The largest absolute Gasteiger partial charge is 0.311 e. The van der Waals surface area contributed by atoms with Crippen LogP contribution in [0.4, 0.5) is 0 Å². The maximum absolute atomic E-state index is 4.09. The lowest BCUT2D eigenvalue weighted by molar-refractivity contribution is 0.513. The lowest BCUT2D eigenvalue weighted by atomic mass is 9.91. The van der Waals surface area contributed by atoms with Crippen LogP contribution in [0.15, 0.2) is 36.2 Å². The van der Waals surface area contributed by atoms with Crippen LogP contribution < -0.4 is 5.32 Å². The molecule has 0 radical (unpaired) electrons. The van der Waals surface area contributed by atoms with Crippen molar-refractivity contribution in [2.24, 2.45) is 0 Å². The van der Waals surface area contributed by atoms with Crippen molar-refractivity contribution in [2.45, 2.75) is 64.3 Å². The minimum Gasteiger partial charge on any atom is -0.311 e. The van der Waals surface area contributed by atoms with Gasteiger partial charge in [-0.25, -0.2) is 0 Å². The molecule has 1 aliphatic rings. The molecule has 0 saturated heterocycles. The van der Waals surface area contributed by atoms with Gasteiger partial charge in [-0.2, -0.15) is 0 Å². The zero-order valence-electron chi connectivity index (χ0n) is 12.8. The SMILES string of the molecule is CCNC(CCc1ccncc1)/C1=C/CCCCCC1. The minimum atomic E-state index is 0.561. The van der Waals surface area contributed by atoms with Gasteiger partial charge in [0.2, 0.25) is 0 Å². The number of aromatic nitrogens is 1. The molecule has 2 nitrogen and oxygen atoms in total. The van der Waals surface area contributed by atoms with Crippen LogP contribution in [-0.4, -0.2) is 17.6 Å². The molecule has 1 aromatic heterocycles. The summed E-state index contributed by atoms with van der Waals surface area (Å²) in [5, 5.41) is 3.69. The summed E-state index contributed by atoms with van der Waals surface area (Å²) in [6.45, 7) is 3.27. The Kier molecular flexibility index (Phi) is 6.79. The van der Waals surface area contributed by atoms with Crippen molar-refractivity contribution in [3.8, 4) is 0 Å². The van der Waals surface area contributed by atoms with E-state index < -0.39 is 0 Å². The summed E-state index contributed by atoms with van der Waals surface area (Å²) in [7, 11) is 0. The van der Waals surface area contributed by atoms with Gasteiger partial charge in [0.05, 0.1) is 0 Å². The fourth-order valence-corrected chi connectivity index (χ4v) is 3.06. The van der Waals surface area contributed by atoms with Gasteiger partial charge in [-0.1, -0.05) is 31.4 Å². The monoisotopic (exact) mass is 272 g/mol. The van der Waals surface area contributed by atoms with E-state index >= 15 is 0 Å². The van der Waals surface area contributed by atoms with Gasteiger partial charge in [-0.05, 0) is 62.8 Å². The molecule has 0 amide bonds. The van der Waals surface area contributed by atoms with E-state index in [1.165, 1.54) is 50.5 Å². The Labute approximate surface area is 123 Å². The molecule has 0 bridgehead atoms. The standard InChI is InChI=1S/C18H28N2/c1-2-20-18(11-10-16-12-14-19-15-13-16)17-8-6-4-3-5-7-9-17/h8,12-15,18,20H,2-7,9-11H2,1H3/b17-8+. The third kappa shape index (κ3) is 5.09. The van der Waals surface area contributed by atoms with Crippen molar-refractivity contribution in [1.82, 2.24) is 10.3 Å². The summed E-state index contributed by atoms with van der Waals surface area (Å²) < 4.78 is 0. The number of nitrogens with zero attached hydrogens (tertiary/aromatic N) is 1.